The zero-order chi connectivity index (χ0) is 19.6. The van der Waals surface area contributed by atoms with Crippen molar-refractivity contribution in [1.29, 1.82) is 0 Å². The number of para-hydroxylation sites is 1. The Kier molecular flexibility index (Phi) is 5.43. The van der Waals surface area contributed by atoms with Crippen molar-refractivity contribution in [2.75, 3.05) is 24.6 Å². The van der Waals surface area contributed by atoms with E-state index in [2.05, 4.69) is 0 Å². The highest BCUT2D eigenvalue weighted by atomic mass is 16.6. The second-order valence-electron chi connectivity index (χ2n) is 6.53. The lowest BCUT2D eigenvalue weighted by molar-refractivity contribution is -0.385. The summed E-state index contributed by atoms with van der Waals surface area (Å²) in [5.74, 6) is -0.430. The van der Waals surface area contributed by atoms with Crippen LogP contribution in [0.4, 0.5) is 11.4 Å². The van der Waals surface area contributed by atoms with Crippen LogP contribution in [-0.4, -0.2) is 35.2 Å². The number of nitrogens with zero attached hydrogens (tertiary/aromatic N) is 3. The Labute approximate surface area is 156 Å². The average Bonchev–Trinajstić information content (AvgIpc) is 2.67. The van der Waals surface area contributed by atoms with Gasteiger partial charge < -0.3 is 14.2 Å². The Hall–Kier alpha value is -2.90. The van der Waals surface area contributed by atoms with Gasteiger partial charge in [-0.15, -0.1) is 0 Å². The molecule has 1 aromatic carbocycles. The largest absolute Gasteiger partial charge is 0.466 e. The number of esters is 1. The van der Waals surface area contributed by atoms with E-state index >= 15 is 0 Å². The molecule has 0 saturated carbocycles. The second kappa shape index (κ2) is 7.77. The summed E-state index contributed by atoms with van der Waals surface area (Å²) in [5, 5.41) is 12.4. The molecule has 1 saturated heterocycles. The van der Waals surface area contributed by atoms with E-state index in [9.17, 15) is 19.7 Å². The average molecular weight is 373 g/mol. The summed E-state index contributed by atoms with van der Waals surface area (Å²) in [6, 6.07) is 7.24. The lowest BCUT2D eigenvalue weighted by atomic mass is 9.96. The summed E-state index contributed by atoms with van der Waals surface area (Å²) in [4.78, 5) is 37.8. The first-order valence-corrected chi connectivity index (χ1v) is 9.21. The topological polar surface area (TPSA) is 94.7 Å². The van der Waals surface area contributed by atoms with E-state index in [0.717, 1.165) is 0 Å². The number of pyridine rings is 1. The first kappa shape index (κ1) is 18.9. The monoisotopic (exact) mass is 373 g/mol. The minimum Gasteiger partial charge on any atom is -0.466 e. The van der Waals surface area contributed by atoms with E-state index in [-0.39, 0.29) is 11.9 Å². The van der Waals surface area contributed by atoms with Gasteiger partial charge in [-0.05, 0) is 32.8 Å². The molecule has 1 aliphatic heterocycles. The van der Waals surface area contributed by atoms with E-state index in [1.807, 2.05) is 17.0 Å². The summed E-state index contributed by atoms with van der Waals surface area (Å²) in [6.07, 6.45) is 1.09. The van der Waals surface area contributed by atoms with Crippen LogP contribution in [0.5, 0.6) is 0 Å². The fourth-order valence-electron chi connectivity index (χ4n) is 3.77. The Morgan fingerprint density at radius 2 is 1.93 bits per heavy atom. The van der Waals surface area contributed by atoms with Gasteiger partial charge >= 0.3 is 17.2 Å². The van der Waals surface area contributed by atoms with Crippen molar-refractivity contribution in [2.45, 2.75) is 33.2 Å². The summed E-state index contributed by atoms with van der Waals surface area (Å²) in [6.45, 7) is 5.18. The van der Waals surface area contributed by atoms with Gasteiger partial charge in [-0.3, -0.25) is 19.7 Å². The number of piperidine rings is 1. The highest BCUT2D eigenvalue weighted by Gasteiger charge is 2.33. The normalized spacial score (nSPS) is 15.1. The predicted octanol–water partition coefficient (Wildman–Crippen LogP) is 2.71. The van der Waals surface area contributed by atoms with Crippen LogP contribution in [0, 0.1) is 16.0 Å². The number of benzene rings is 1. The molecule has 1 fully saturated rings. The van der Waals surface area contributed by atoms with Crippen molar-refractivity contribution in [2.24, 2.45) is 5.92 Å². The molecule has 3 rings (SSSR count). The smallest absolute Gasteiger partial charge is 0.357 e. The summed E-state index contributed by atoms with van der Waals surface area (Å²) in [7, 11) is 0. The SMILES string of the molecule is CCOC(=O)C1CCN(c2c([N+](=O)[O-])c(=O)n(CC)c3ccccc23)CC1. The number of fused-ring (bicyclic) bond motifs is 1. The Morgan fingerprint density at radius 3 is 2.52 bits per heavy atom. The van der Waals surface area contributed by atoms with E-state index in [0.29, 0.717) is 55.7 Å². The van der Waals surface area contributed by atoms with Gasteiger partial charge in [0.25, 0.3) is 0 Å². The number of anilines is 1. The maximum Gasteiger partial charge on any atom is 0.357 e. The van der Waals surface area contributed by atoms with Gasteiger partial charge in [0.05, 0.1) is 23.0 Å². The molecule has 0 radical (unpaired) electrons. The number of rotatable bonds is 5. The molecule has 2 aromatic rings. The fourth-order valence-corrected chi connectivity index (χ4v) is 3.77. The van der Waals surface area contributed by atoms with Gasteiger partial charge in [-0.25, -0.2) is 0 Å². The van der Waals surface area contributed by atoms with Crippen molar-refractivity contribution < 1.29 is 14.5 Å². The quantitative estimate of drug-likeness (QED) is 0.454. The number of ether oxygens (including phenoxy) is 1. The first-order valence-electron chi connectivity index (χ1n) is 9.21. The summed E-state index contributed by atoms with van der Waals surface area (Å²) >= 11 is 0. The van der Waals surface area contributed by atoms with Gasteiger partial charge in [-0.2, -0.15) is 0 Å². The van der Waals surface area contributed by atoms with Crippen LogP contribution >= 0.6 is 0 Å². The fraction of sp³-hybridized carbons (Fsp3) is 0.474. The van der Waals surface area contributed by atoms with E-state index in [4.69, 9.17) is 4.74 Å². The number of nitro groups is 1. The van der Waals surface area contributed by atoms with Crippen LogP contribution in [0.2, 0.25) is 0 Å². The number of carbonyl (C=O) groups is 1. The molecule has 8 heteroatoms. The van der Waals surface area contributed by atoms with Crippen LogP contribution in [0.25, 0.3) is 10.9 Å². The van der Waals surface area contributed by atoms with Crippen LogP contribution in [-0.2, 0) is 16.1 Å². The molecular formula is C19H23N3O5. The number of hydrogen-bond donors (Lipinski definition) is 0. The molecule has 1 aliphatic rings. The molecular weight excluding hydrogens is 350 g/mol. The molecule has 1 aromatic heterocycles. The van der Waals surface area contributed by atoms with Crippen molar-refractivity contribution >= 4 is 28.2 Å². The van der Waals surface area contributed by atoms with Crippen molar-refractivity contribution in [1.82, 2.24) is 4.57 Å². The molecule has 144 valence electrons. The minimum absolute atomic E-state index is 0.206. The highest BCUT2D eigenvalue weighted by Crippen LogP contribution is 2.36. The molecule has 0 aliphatic carbocycles. The van der Waals surface area contributed by atoms with Crippen molar-refractivity contribution in [3.8, 4) is 0 Å². The van der Waals surface area contributed by atoms with E-state index in [1.165, 1.54) is 4.57 Å². The second-order valence-corrected chi connectivity index (χ2v) is 6.53. The van der Waals surface area contributed by atoms with Gasteiger partial charge in [0.15, 0.2) is 0 Å². The minimum atomic E-state index is -0.594. The number of aryl methyl sites for hydroxylation is 1. The molecule has 0 spiro atoms. The summed E-state index contributed by atoms with van der Waals surface area (Å²) < 4.78 is 6.52. The Morgan fingerprint density at radius 1 is 1.26 bits per heavy atom. The standard InChI is InChI=1S/C19H23N3O5/c1-3-21-15-8-6-5-7-14(15)16(17(18(21)23)22(25)26)20-11-9-13(10-12-20)19(24)27-4-2/h5-8,13H,3-4,9-12H2,1-2H3. The number of hydrogen-bond acceptors (Lipinski definition) is 6. The van der Waals surface area contributed by atoms with Gasteiger partial charge in [0.2, 0.25) is 0 Å². The molecule has 0 atom stereocenters. The summed E-state index contributed by atoms with van der Waals surface area (Å²) in [5.41, 5.74) is 0.0413. The van der Waals surface area contributed by atoms with Crippen LogP contribution in [0.3, 0.4) is 0 Å². The predicted molar refractivity (Wildman–Crippen MR) is 102 cm³/mol. The van der Waals surface area contributed by atoms with Gasteiger partial charge in [0, 0.05) is 25.0 Å². The Bertz CT molecular complexity index is 929. The van der Waals surface area contributed by atoms with Gasteiger partial charge in [-0.1, -0.05) is 18.2 Å². The lowest BCUT2D eigenvalue weighted by Gasteiger charge is -2.33. The molecule has 0 N–H and O–H groups in total. The molecule has 8 nitrogen and oxygen atoms in total. The van der Waals surface area contributed by atoms with Gasteiger partial charge in [0.1, 0.15) is 5.69 Å². The molecule has 0 unspecified atom stereocenters. The van der Waals surface area contributed by atoms with Crippen molar-refractivity contribution in [3.63, 3.8) is 0 Å². The lowest BCUT2D eigenvalue weighted by Crippen LogP contribution is -2.38. The van der Waals surface area contributed by atoms with Crippen LogP contribution < -0.4 is 10.5 Å². The highest BCUT2D eigenvalue weighted by molar-refractivity contribution is 5.96. The van der Waals surface area contributed by atoms with E-state index < -0.39 is 16.2 Å². The third-order valence-corrected chi connectivity index (χ3v) is 5.05. The third-order valence-electron chi connectivity index (χ3n) is 5.05. The maximum atomic E-state index is 12.8. The number of aromatic nitrogens is 1. The third kappa shape index (κ3) is 3.39. The zero-order valence-corrected chi connectivity index (χ0v) is 15.5. The zero-order valence-electron chi connectivity index (χ0n) is 15.5. The number of carbonyl (C=O) groups excluding carboxylic acids is 1. The van der Waals surface area contributed by atoms with Crippen molar-refractivity contribution in [3.05, 3.63) is 44.7 Å². The Balaban J connectivity index is 2.07. The van der Waals surface area contributed by atoms with Crippen LogP contribution in [0.1, 0.15) is 26.7 Å². The van der Waals surface area contributed by atoms with Crippen LogP contribution in [0.15, 0.2) is 29.1 Å². The first-order chi connectivity index (χ1) is 13.0. The molecule has 0 bridgehead atoms. The molecule has 27 heavy (non-hydrogen) atoms. The molecule has 2 heterocycles. The molecule has 0 amide bonds. The maximum absolute atomic E-state index is 12.8. The van der Waals surface area contributed by atoms with E-state index in [1.54, 1.807) is 26.0 Å².